The third kappa shape index (κ3) is 5.06. The van der Waals surface area contributed by atoms with Gasteiger partial charge in [-0.15, -0.1) is 11.6 Å². The molecule has 7 atom stereocenters. The van der Waals surface area contributed by atoms with Gasteiger partial charge in [0.15, 0.2) is 0 Å². The van der Waals surface area contributed by atoms with Crippen molar-refractivity contribution in [2.75, 3.05) is 0 Å². The highest BCUT2D eigenvalue weighted by Crippen LogP contribution is 2.45. The lowest BCUT2D eigenvalue weighted by atomic mass is 9.66. The molecule has 2 aliphatic carbocycles. The SMILES string of the molecule is C[C@H]1C=C2C=C[C@H](C)[C@H](CC[C@@H](O)C[C@H](F)CC(=O)O)C2C(Cl)C1. The number of aliphatic carboxylic acids is 1. The number of carboxylic acid groups (broad SMARTS) is 1. The molecule has 0 amide bonds. The summed E-state index contributed by atoms with van der Waals surface area (Å²) in [5, 5.41) is 18.7. The second-order valence-corrected chi connectivity index (χ2v) is 8.03. The molecule has 5 heteroatoms. The Bertz CT molecular complexity index is 505. The molecule has 0 bridgehead atoms. The number of aliphatic hydroxyl groups is 1. The molecule has 2 N–H and O–H groups in total. The molecular weight excluding hydrogens is 331 g/mol. The Morgan fingerprint density at radius 2 is 2.17 bits per heavy atom. The van der Waals surface area contributed by atoms with Crippen molar-refractivity contribution < 1.29 is 19.4 Å². The quantitative estimate of drug-likeness (QED) is 0.665. The van der Waals surface area contributed by atoms with Crippen LogP contribution in [0.5, 0.6) is 0 Å². The number of rotatable bonds is 7. The van der Waals surface area contributed by atoms with Gasteiger partial charge < -0.3 is 10.2 Å². The van der Waals surface area contributed by atoms with Gasteiger partial charge in [0.25, 0.3) is 0 Å². The van der Waals surface area contributed by atoms with Crippen LogP contribution in [0.3, 0.4) is 0 Å². The molecule has 0 aromatic carbocycles. The summed E-state index contributed by atoms with van der Waals surface area (Å²) >= 11 is 6.64. The Morgan fingerprint density at radius 1 is 1.46 bits per heavy atom. The topological polar surface area (TPSA) is 57.5 Å². The normalized spacial score (nSPS) is 35.0. The van der Waals surface area contributed by atoms with Crippen LogP contribution >= 0.6 is 11.6 Å². The van der Waals surface area contributed by atoms with Crippen LogP contribution in [-0.4, -0.2) is 33.8 Å². The fourth-order valence-corrected chi connectivity index (χ4v) is 4.76. The lowest BCUT2D eigenvalue weighted by molar-refractivity contribution is -0.138. The zero-order valence-corrected chi connectivity index (χ0v) is 15.1. The number of alkyl halides is 2. The maximum Gasteiger partial charge on any atom is 0.306 e. The maximum atomic E-state index is 13.5. The minimum atomic E-state index is -1.49. The number of hydrogen-bond acceptors (Lipinski definition) is 2. The standard InChI is InChI=1S/C19H28ClFO3/c1-11-7-13-4-3-12(2)16(19(13)17(20)8-11)6-5-15(22)9-14(21)10-18(23)24/h3-4,7,11-12,14-17,19,22H,5-6,8-10H2,1-2H3,(H,23,24)/t11-,12-,14-,15+,16-,17?,19?/m0/s1. The van der Waals surface area contributed by atoms with E-state index in [1.807, 2.05) is 0 Å². The van der Waals surface area contributed by atoms with E-state index in [1.165, 1.54) is 5.57 Å². The van der Waals surface area contributed by atoms with Crippen LogP contribution in [0.4, 0.5) is 4.39 Å². The number of aliphatic hydroxyl groups excluding tert-OH is 1. The van der Waals surface area contributed by atoms with Gasteiger partial charge in [0, 0.05) is 17.7 Å². The summed E-state index contributed by atoms with van der Waals surface area (Å²) in [7, 11) is 0. The predicted molar refractivity (Wildman–Crippen MR) is 93.8 cm³/mol. The van der Waals surface area contributed by atoms with Crippen molar-refractivity contribution in [2.24, 2.45) is 23.7 Å². The molecule has 136 valence electrons. The summed E-state index contributed by atoms with van der Waals surface area (Å²) in [5.74, 6) is 0.302. The number of hydrogen-bond donors (Lipinski definition) is 2. The van der Waals surface area contributed by atoms with Crippen molar-refractivity contribution >= 4 is 17.6 Å². The van der Waals surface area contributed by atoms with Crippen molar-refractivity contribution in [1.29, 1.82) is 0 Å². The summed E-state index contributed by atoms with van der Waals surface area (Å²) in [6.45, 7) is 4.33. The third-order valence-corrected chi connectivity index (χ3v) is 5.78. The van der Waals surface area contributed by atoms with Crippen molar-refractivity contribution in [3.05, 3.63) is 23.8 Å². The van der Waals surface area contributed by atoms with Gasteiger partial charge in [-0.25, -0.2) is 4.39 Å². The van der Waals surface area contributed by atoms with Crippen LogP contribution < -0.4 is 0 Å². The van der Waals surface area contributed by atoms with Gasteiger partial charge in [-0.3, -0.25) is 4.79 Å². The second-order valence-electron chi connectivity index (χ2n) is 7.47. The molecule has 0 fully saturated rings. The van der Waals surface area contributed by atoms with E-state index in [0.717, 1.165) is 12.8 Å². The molecular formula is C19H28ClFO3. The van der Waals surface area contributed by atoms with Crippen LogP contribution in [-0.2, 0) is 4.79 Å². The van der Waals surface area contributed by atoms with E-state index < -0.39 is 24.7 Å². The van der Waals surface area contributed by atoms with Crippen molar-refractivity contribution in [3.8, 4) is 0 Å². The highest BCUT2D eigenvalue weighted by Gasteiger charge is 2.38. The highest BCUT2D eigenvalue weighted by molar-refractivity contribution is 6.21. The monoisotopic (exact) mass is 358 g/mol. The Kier molecular flexibility index (Phi) is 6.88. The third-order valence-electron chi connectivity index (χ3n) is 5.33. The summed E-state index contributed by atoms with van der Waals surface area (Å²) in [6, 6.07) is 0. The van der Waals surface area contributed by atoms with Crippen molar-refractivity contribution in [2.45, 2.75) is 63.6 Å². The van der Waals surface area contributed by atoms with E-state index in [-0.39, 0.29) is 17.7 Å². The maximum absolute atomic E-state index is 13.5. The van der Waals surface area contributed by atoms with Gasteiger partial charge in [-0.05, 0) is 42.6 Å². The molecule has 0 aromatic heterocycles. The lowest BCUT2D eigenvalue weighted by Gasteiger charge is -2.41. The van der Waals surface area contributed by atoms with E-state index >= 15 is 0 Å². The molecule has 0 saturated carbocycles. The van der Waals surface area contributed by atoms with Crippen LogP contribution in [0.25, 0.3) is 0 Å². The summed E-state index contributed by atoms with van der Waals surface area (Å²) in [5.41, 5.74) is 1.29. The first-order valence-electron chi connectivity index (χ1n) is 8.85. The smallest absolute Gasteiger partial charge is 0.306 e. The van der Waals surface area contributed by atoms with Gasteiger partial charge in [0.05, 0.1) is 12.5 Å². The van der Waals surface area contributed by atoms with E-state index in [1.54, 1.807) is 0 Å². The molecule has 0 radical (unpaired) electrons. The first kappa shape index (κ1) is 19.5. The molecule has 2 aliphatic rings. The van der Waals surface area contributed by atoms with Gasteiger partial charge in [0.2, 0.25) is 0 Å². The summed E-state index contributed by atoms with van der Waals surface area (Å²) in [4.78, 5) is 10.5. The lowest BCUT2D eigenvalue weighted by Crippen LogP contribution is -2.36. The van der Waals surface area contributed by atoms with Gasteiger partial charge in [-0.1, -0.05) is 32.1 Å². The predicted octanol–water partition coefficient (Wildman–Crippen LogP) is 4.34. The summed E-state index contributed by atoms with van der Waals surface area (Å²) in [6.07, 6.45) is 5.92. The van der Waals surface area contributed by atoms with Crippen LogP contribution in [0.15, 0.2) is 23.8 Å². The van der Waals surface area contributed by atoms with E-state index in [0.29, 0.717) is 24.2 Å². The molecule has 0 saturated heterocycles. The first-order valence-corrected chi connectivity index (χ1v) is 9.29. The van der Waals surface area contributed by atoms with Gasteiger partial charge in [-0.2, -0.15) is 0 Å². The average molecular weight is 359 g/mol. The number of allylic oxidation sites excluding steroid dienone is 4. The Hall–Kier alpha value is -0.870. The fraction of sp³-hybridized carbons (Fsp3) is 0.737. The fourth-order valence-electron chi connectivity index (χ4n) is 4.15. The average Bonchev–Trinajstić information content (AvgIpc) is 2.45. The minimum Gasteiger partial charge on any atom is -0.481 e. The molecule has 24 heavy (non-hydrogen) atoms. The molecule has 0 aromatic rings. The number of carbonyl (C=O) groups is 1. The Morgan fingerprint density at radius 3 is 2.83 bits per heavy atom. The zero-order chi connectivity index (χ0) is 17.9. The molecule has 0 spiro atoms. The number of halogens is 2. The molecule has 2 unspecified atom stereocenters. The van der Waals surface area contributed by atoms with Crippen LogP contribution in [0.1, 0.15) is 46.0 Å². The minimum absolute atomic E-state index is 0.0930. The Labute approximate surface area is 148 Å². The largest absolute Gasteiger partial charge is 0.481 e. The zero-order valence-electron chi connectivity index (χ0n) is 14.4. The Balaban J connectivity index is 1.94. The van der Waals surface area contributed by atoms with E-state index in [9.17, 15) is 14.3 Å². The second kappa shape index (κ2) is 8.48. The number of carboxylic acids is 1. The van der Waals surface area contributed by atoms with Crippen LogP contribution in [0.2, 0.25) is 0 Å². The highest BCUT2D eigenvalue weighted by atomic mass is 35.5. The molecule has 0 heterocycles. The van der Waals surface area contributed by atoms with E-state index in [2.05, 4.69) is 32.1 Å². The van der Waals surface area contributed by atoms with Gasteiger partial charge in [0.1, 0.15) is 6.17 Å². The van der Waals surface area contributed by atoms with Crippen molar-refractivity contribution in [1.82, 2.24) is 0 Å². The molecule has 2 rings (SSSR count). The van der Waals surface area contributed by atoms with E-state index in [4.69, 9.17) is 16.7 Å². The number of fused-ring (bicyclic) bond motifs is 1. The summed E-state index contributed by atoms with van der Waals surface area (Å²) < 4.78 is 13.5. The van der Waals surface area contributed by atoms with Crippen molar-refractivity contribution in [3.63, 3.8) is 0 Å². The first-order chi connectivity index (χ1) is 11.3. The molecule has 0 aliphatic heterocycles. The molecule has 3 nitrogen and oxygen atoms in total. The van der Waals surface area contributed by atoms with Crippen LogP contribution in [0, 0.1) is 23.7 Å². The van der Waals surface area contributed by atoms with Gasteiger partial charge >= 0.3 is 5.97 Å².